The Hall–Kier alpha value is -3.80. The molecule has 6 nitrogen and oxygen atoms in total. The predicted molar refractivity (Wildman–Crippen MR) is 109 cm³/mol. The molecule has 0 saturated carbocycles. The lowest BCUT2D eigenvalue weighted by Crippen LogP contribution is -2.30. The Morgan fingerprint density at radius 1 is 1.00 bits per heavy atom. The number of ketones is 1. The van der Waals surface area contributed by atoms with Crippen LogP contribution in [0, 0.1) is 13.8 Å². The molecular formula is C23H19N3O3. The minimum Gasteiger partial charge on any atom is -0.507 e. The van der Waals surface area contributed by atoms with Crippen molar-refractivity contribution in [1.82, 2.24) is 9.97 Å². The molecule has 1 aromatic carbocycles. The molecule has 29 heavy (non-hydrogen) atoms. The Bertz CT molecular complexity index is 1120. The molecule has 2 aromatic heterocycles. The molecule has 0 bridgehead atoms. The van der Waals surface area contributed by atoms with E-state index in [4.69, 9.17) is 0 Å². The first-order valence-corrected chi connectivity index (χ1v) is 9.18. The van der Waals surface area contributed by atoms with Gasteiger partial charge in [0.15, 0.2) is 0 Å². The average molecular weight is 385 g/mol. The van der Waals surface area contributed by atoms with Crippen molar-refractivity contribution in [2.24, 2.45) is 0 Å². The summed E-state index contributed by atoms with van der Waals surface area (Å²) in [5.41, 5.74) is 3.36. The number of hydrogen-bond acceptors (Lipinski definition) is 5. The molecule has 1 aliphatic rings. The number of aromatic nitrogens is 2. The zero-order valence-corrected chi connectivity index (χ0v) is 16.0. The summed E-state index contributed by atoms with van der Waals surface area (Å²) in [5.74, 6) is -1.67. The monoisotopic (exact) mass is 385 g/mol. The van der Waals surface area contributed by atoms with Crippen molar-refractivity contribution in [3.63, 3.8) is 0 Å². The van der Waals surface area contributed by atoms with Gasteiger partial charge < -0.3 is 5.11 Å². The third kappa shape index (κ3) is 3.18. The maximum absolute atomic E-state index is 13.1. The number of aryl methyl sites for hydroxylation is 2. The molecule has 1 saturated heterocycles. The predicted octanol–water partition coefficient (Wildman–Crippen LogP) is 3.72. The van der Waals surface area contributed by atoms with Gasteiger partial charge in [0.1, 0.15) is 11.8 Å². The maximum Gasteiger partial charge on any atom is 0.300 e. The SMILES string of the molecule is Cc1ccc(C)c(N2C(=O)C(=O)/C(=C(/O)c3ccncc3)C2c2ccccn2)c1. The number of aliphatic hydroxyl groups excluding tert-OH is 1. The summed E-state index contributed by atoms with van der Waals surface area (Å²) < 4.78 is 0. The standard InChI is InChI=1S/C23H19N3O3/c1-14-6-7-15(2)18(13-14)26-20(17-5-3-4-10-25-17)19(22(28)23(26)29)21(27)16-8-11-24-12-9-16/h3-13,20,27H,1-2H3/b21-19+. The molecule has 1 N–H and O–H groups in total. The van der Waals surface area contributed by atoms with Gasteiger partial charge in [0, 0.05) is 29.8 Å². The van der Waals surface area contributed by atoms with Crippen LogP contribution in [0.4, 0.5) is 5.69 Å². The topological polar surface area (TPSA) is 83.4 Å². The highest BCUT2D eigenvalue weighted by Crippen LogP contribution is 2.42. The summed E-state index contributed by atoms with van der Waals surface area (Å²) >= 11 is 0. The van der Waals surface area contributed by atoms with E-state index >= 15 is 0 Å². The fourth-order valence-electron chi connectivity index (χ4n) is 3.54. The summed E-state index contributed by atoms with van der Waals surface area (Å²) in [4.78, 5) is 35.9. The van der Waals surface area contributed by atoms with Crippen LogP contribution < -0.4 is 4.90 Å². The Morgan fingerprint density at radius 3 is 2.45 bits per heavy atom. The molecule has 3 aromatic rings. The van der Waals surface area contributed by atoms with Gasteiger partial charge in [0.25, 0.3) is 11.7 Å². The zero-order valence-electron chi connectivity index (χ0n) is 16.0. The molecule has 3 heterocycles. The largest absolute Gasteiger partial charge is 0.507 e. The van der Waals surface area contributed by atoms with E-state index in [1.54, 1.807) is 36.5 Å². The number of pyridine rings is 2. The molecule has 0 spiro atoms. The molecular weight excluding hydrogens is 366 g/mol. The second-order valence-corrected chi connectivity index (χ2v) is 6.95. The molecule has 1 atom stereocenters. The van der Waals surface area contributed by atoms with E-state index in [0.717, 1.165) is 11.1 Å². The Labute approximate surface area is 168 Å². The van der Waals surface area contributed by atoms with Gasteiger partial charge in [0.2, 0.25) is 0 Å². The summed E-state index contributed by atoms with van der Waals surface area (Å²) in [6.07, 6.45) is 4.64. The van der Waals surface area contributed by atoms with Crippen molar-refractivity contribution in [3.05, 3.63) is 95.1 Å². The minimum atomic E-state index is -0.829. The van der Waals surface area contributed by atoms with Gasteiger partial charge in [-0.1, -0.05) is 18.2 Å². The van der Waals surface area contributed by atoms with Crippen LogP contribution in [0.25, 0.3) is 5.76 Å². The third-order valence-corrected chi connectivity index (χ3v) is 4.99. The molecule has 1 unspecified atom stereocenters. The molecule has 6 heteroatoms. The normalized spacial score (nSPS) is 18.3. The van der Waals surface area contributed by atoms with Crippen molar-refractivity contribution in [1.29, 1.82) is 0 Å². The fourth-order valence-corrected chi connectivity index (χ4v) is 3.54. The minimum absolute atomic E-state index is 0.0146. The molecule has 144 valence electrons. The van der Waals surface area contributed by atoms with E-state index in [-0.39, 0.29) is 11.3 Å². The highest BCUT2D eigenvalue weighted by atomic mass is 16.3. The van der Waals surface area contributed by atoms with Crippen LogP contribution in [-0.2, 0) is 9.59 Å². The Balaban J connectivity index is 1.98. The maximum atomic E-state index is 13.1. The van der Waals surface area contributed by atoms with Crippen LogP contribution in [0.3, 0.4) is 0 Å². The lowest BCUT2D eigenvalue weighted by molar-refractivity contribution is -0.132. The van der Waals surface area contributed by atoms with Crippen LogP contribution in [0.5, 0.6) is 0 Å². The molecule has 4 rings (SSSR count). The summed E-state index contributed by atoms with van der Waals surface area (Å²) in [5, 5.41) is 11.0. The van der Waals surface area contributed by atoms with Crippen molar-refractivity contribution in [2.45, 2.75) is 19.9 Å². The van der Waals surface area contributed by atoms with Crippen LogP contribution in [-0.4, -0.2) is 26.8 Å². The fraction of sp³-hybridized carbons (Fsp3) is 0.130. The highest BCUT2D eigenvalue weighted by molar-refractivity contribution is 6.51. The van der Waals surface area contributed by atoms with Gasteiger partial charge in [-0.05, 0) is 55.3 Å². The summed E-state index contributed by atoms with van der Waals surface area (Å²) in [6.45, 7) is 3.80. The van der Waals surface area contributed by atoms with E-state index in [1.165, 1.54) is 17.3 Å². The van der Waals surface area contributed by atoms with Crippen LogP contribution >= 0.6 is 0 Å². The number of carbonyl (C=O) groups is 2. The van der Waals surface area contributed by atoms with Gasteiger partial charge in [-0.25, -0.2) is 0 Å². The van der Waals surface area contributed by atoms with Crippen LogP contribution in [0.1, 0.15) is 28.4 Å². The van der Waals surface area contributed by atoms with Crippen molar-refractivity contribution in [3.8, 4) is 0 Å². The molecule has 1 amide bonds. The first kappa shape index (κ1) is 18.6. The first-order valence-electron chi connectivity index (χ1n) is 9.18. The molecule has 0 aliphatic carbocycles. The number of benzene rings is 1. The molecule has 0 radical (unpaired) electrons. The summed E-state index contributed by atoms with van der Waals surface area (Å²) in [6, 6.07) is 13.4. The third-order valence-electron chi connectivity index (χ3n) is 4.99. The summed E-state index contributed by atoms with van der Waals surface area (Å²) in [7, 11) is 0. The number of amides is 1. The van der Waals surface area contributed by atoms with Gasteiger partial charge >= 0.3 is 0 Å². The second-order valence-electron chi connectivity index (χ2n) is 6.95. The van der Waals surface area contributed by atoms with E-state index in [9.17, 15) is 14.7 Å². The van der Waals surface area contributed by atoms with Crippen LogP contribution in [0.15, 0.2) is 72.7 Å². The lowest BCUT2D eigenvalue weighted by atomic mass is 9.98. The lowest BCUT2D eigenvalue weighted by Gasteiger charge is -2.26. The van der Waals surface area contributed by atoms with Crippen molar-refractivity contribution < 1.29 is 14.7 Å². The number of anilines is 1. The first-order chi connectivity index (χ1) is 14.0. The molecule has 1 aliphatic heterocycles. The number of Topliss-reactive ketones (excluding diaryl/α,β-unsaturated/α-hetero) is 1. The van der Waals surface area contributed by atoms with E-state index < -0.39 is 17.7 Å². The quantitative estimate of drug-likeness (QED) is 0.422. The van der Waals surface area contributed by atoms with E-state index in [0.29, 0.717) is 16.9 Å². The molecule has 1 fully saturated rings. The smallest absolute Gasteiger partial charge is 0.300 e. The van der Waals surface area contributed by atoms with Gasteiger partial charge in [0.05, 0.1) is 11.3 Å². The highest BCUT2D eigenvalue weighted by Gasteiger charge is 2.48. The van der Waals surface area contributed by atoms with Crippen molar-refractivity contribution in [2.75, 3.05) is 4.90 Å². The number of hydrogen-bond donors (Lipinski definition) is 1. The number of carbonyl (C=O) groups excluding carboxylic acids is 2. The average Bonchev–Trinajstić information content (AvgIpc) is 3.01. The van der Waals surface area contributed by atoms with E-state index in [1.807, 2.05) is 32.0 Å². The van der Waals surface area contributed by atoms with Gasteiger partial charge in [-0.2, -0.15) is 0 Å². The van der Waals surface area contributed by atoms with E-state index in [2.05, 4.69) is 9.97 Å². The number of nitrogens with zero attached hydrogens (tertiary/aromatic N) is 3. The Morgan fingerprint density at radius 2 is 1.76 bits per heavy atom. The number of rotatable bonds is 3. The van der Waals surface area contributed by atoms with Crippen molar-refractivity contribution >= 4 is 23.1 Å². The van der Waals surface area contributed by atoms with Gasteiger partial charge in [-0.3, -0.25) is 24.5 Å². The van der Waals surface area contributed by atoms with Crippen LogP contribution in [0.2, 0.25) is 0 Å². The van der Waals surface area contributed by atoms with Gasteiger partial charge in [-0.15, -0.1) is 0 Å². The second kappa shape index (κ2) is 7.31. The zero-order chi connectivity index (χ0) is 20.5. The Kier molecular flexibility index (Phi) is 4.68. The number of aliphatic hydroxyl groups is 1.